The van der Waals surface area contributed by atoms with Gasteiger partial charge in [0.2, 0.25) is 0 Å². The van der Waals surface area contributed by atoms with Crippen LogP contribution in [0.2, 0.25) is 0 Å². The minimum atomic E-state index is -0.858. The molecule has 0 aliphatic heterocycles. The van der Waals surface area contributed by atoms with Gasteiger partial charge in [-0.15, -0.1) is 0 Å². The van der Waals surface area contributed by atoms with Gasteiger partial charge in [-0.2, -0.15) is 0 Å². The molecule has 4 heteroatoms. The average Bonchev–Trinajstić information content (AvgIpc) is 2.16. The van der Waals surface area contributed by atoms with E-state index in [0.29, 0.717) is 5.76 Å². The van der Waals surface area contributed by atoms with Gasteiger partial charge in [0.15, 0.2) is 18.2 Å². The van der Waals surface area contributed by atoms with Crippen molar-refractivity contribution < 1.29 is 19.4 Å². The number of hydrogen-bond acceptors (Lipinski definition) is 4. The Labute approximate surface area is 97.2 Å². The van der Waals surface area contributed by atoms with E-state index in [9.17, 15) is 9.90 Å². The van der Waals surface area contributed by atoms with Crippen LogP contribution in [0.25, 0.3) is 0 Å². The van der Waals surface area contributed by atoms with Gasteiger partial charge in [-0.05, 0) is 20.8 Å². The number of aliphatic hydroxyl groups excluding tert-OH is 1. The summed E-state index contributed by atoms with van der Waals surface area (Å²) in [5, 5.41) is 9.50. The van der Waals surface area contributed by atoms with Crippen molar-refractivity contribution in [3.63, 3.8) is 0 Å². The van der Waals surface area contributed by atoms with Crippen LogP contribution >= 0.6 is 0 Å². The monoisotopic (exact) mass is 230 g/mol. The van der Waals surface area contributed by atoms with Crippen molar-refractivity contribution in [2.24, 2.45) is 5.92 Å². The molecule has 0 amide bonds. The lowest BCUT2D eigenvalue weighted by molar-refractivity contribution is -0.157. The molecular formula is C12H22O4. The summed E-state index contributed by atoms with van der Waals surface area (Å²) in [6.45, 7) is 12.2. The van der Waals surface area contributed by atoms with Crippen molar-refractivity contribution in [2.45, 2.75) is 53.1 Å². The predicted molar refractivity (Wildman–Crippen MR) is 61.8 cm³/mol. The predicted octanol–water partition coefficient (Wildman–Crippen LogP) is 1.87. The molecule has 0 saturated heterocycles. The fraction of sp³-hybridized carbons (Fsp3) is 0.750. The molecule has 0 aromatic rings. The van der Waals surface area contributed by atoms with Gasteiger partial charge in [-0.1, -0.05) is 20.4 Å². The Morgan fingerprint density at radius 3 is 2.06 bits per heavy atom. The van der Waals surface area contributed by atoms with Crippen LogP contribution in [-0.2, 0) is 14.3 Å². The van der Waals surface area contributed by atoms with E-state index < -0.39 is 18.5 Å². The molecule has 3 atom stereocenters. The van der Waals surface area contributed by atoms with Crippen LogP contribution in [0.1, 0.15) is 34.6 Å². The summed E-state index contributed by atoms with van der Waals surface area (Å²) in [5.74, 6) is 0.278. The van der Waals surface area contributed by atoms with Gasteiger partial charge < -0.3 is 14.6 Å². The van der Waals surface area contributed by atoms with Crippen LogP contribution in [0.4, 0.5) is 0 Å². The molecule has 0 radical (unpaired) electrons. The number of rotatable bonds is 7. The van der Waals surface area contributed by atoms with Crippen molar-refractivity contribution in [2.75, 3.05) is 0 Å². The summed E-state index contributed by atoms with van der Waals surface area (Å²) in [6.07, 6.45) is -1.84. The second-order valence-electron chi connectivity index (χ2n) is 4.25. The zero-order chi connectivity index (χ0) is 12.9. The quantitative estimate of drug-likeness (QED) is 0.536. The van der Waals surface area contributed by atoms with Crippen molar-refractivity contribution in [1.82, 2.24) is 0 Å². The first kappa shape index (κ1) is 15.1. The average molecular weight is 230 g/mol. The third kappa shape index (κ3) is 5.28. The topological polar surface area (TPSA) is 55.8 Å². The summed E-state index contributed by atoms with van der Waals surface area (Å²) in [6, 6.07) is 0. The van der Waals surface area contributed by atoms with Crippen LogP contribution in [0.15, 0.2) is 12.3 Å². The smallest absolute Gasteiger partial charge is 0.169 e. The Bertz CT molecular complexity index is 247. The minimum absolute atomic E-state index is 0.000445. The molecule has 0 saturated carbocycles. The van der Waals surface area contributed by atoms with E-state index in [1.807, 2.05) is 13.8 Å². The number of ketones is 1. The van der Waals surface area contributed by atoms with E-state index in [-0.39, 0.29) is 11.7 Å². The number of carbonyl (C=O) groups is 1. The summed E-state index contributed by atoms with van der Waals surface area (Å²) < 4.78 is 10.5. The van der Waals surface area contributed by atoms with Gasteiger partial charge in [0.1, 0.15) is 11.9 Å². The highest BCUT2D eigenvalue weighted by Gasteiger charge is 2.19. The molecule has 94 valence electrons. The molecule has 0 aromatic carbocycles. The van der Waals surface area contributed by atoms with Gasteiger partial charge in [0, 0.05) is 5.92 Å². The molecular weight excluding hydrogens is 208 g/mol. The maximum atomic E-state index is 11.0. The molecule has 0 heterocycles. The molecule has 0 aromatic heterocycles. The highest BCUT2D eigenvalue weighted by molar-refractivity contribution is 5.80. The summed E-state index contributed by atoms with van der Waals surface area (Å²) in [7, 11) is 0. The van der Waals surface area contributed by atoms with Gasteiger partial charge in [-0.3, -0.25) is 4.79 Å². The number of Topliss-reactive ketones (excluding diaryl/α,β-unsaturated/α-hetero) is 1. The lowest BCUT2D eigenvalue weighted by Gasteiger charge is -2.23. The first-order valence-electron chi connectivity index (χ1n) is 5.45. The lowest BCUT2D eigenvalue weighted by atomic mass is 10.2. The Hall–Kier alpha value is -0.870. The number of ether oxygens (including phenoxy) is 2. The van der Waals surface area contributed by atoms with Gasteiger partial charge in [-0.25, -0.2) is 0 Å². The molecule has 3 unspecified atom stereocenters. The Morgan fingerprint density at radius 2 is 1.69 bits per heavy atom. The van der Waals surface area contributed by atoms with E-state index in [4.69, 9.17) is 9.47 Å². The van der Waals surface area contributed by atoms with Crippen molar-refractivity contribution in [3.05, 3.63) is 12.3 Å². The highest BCUT2D eigenvalue weighted by atomic mass is 16.6. The van der Waals surface area contributed by atoms with Crippen LogP contribution in [-0.4, -0.2) is 29.4 Å². The normalized spacial score (nSPS) is 16.7. The van der Waals surface area contributed by atoms with Gasteiger partial charge >= 0.3 is 0 Å². The second kappa shape index (κ2) is 6.66. The molecule has 1 N–H and O–H groups in total. The third-order valence-electron chi connectivity index (χ3n) is 2.27. The van der Waals surface area contributed by atoms with E-state index in [1.165, 1.54) is 6.92 Å². The minimum Gasteiger partial charge on any atom is -0.485 e. The maximum Gasteiger partial charge on any atom is 0.169 e. The van der Waals surface area contributed by atoms with Gasteiger partial charge in [0.25, 0.3) is 0 Å². The Balaban J connectivity index is 4.14. The largest absolute Gasteiger partial charge is 0.485 e. The van der Waals surface area contributed by atoms with E-state index >= 15 is 0 Å². The summed E-state index contributed by atoms with van der Waals surface area (Å²) in [4.78, 5) is 11.0. The molecule has 0 aliphatic rings. The van der Waals surface area contributed by atoms with Crippen LogP contribution in [0, 0.1) is 5.92 Å². The molecule has 0 bridgehead atoms. The van der Waals surface area contributed by atoms with Crippen molar-refractivity contribution >= 4 is 5.78 Å². The number of hydrogen-bond donors (Lipinski definition) is 1. The molecule has 0 aliphatic carbocycles. The molecule has 4 nitrogen and oxygen atoms in total. The lowest BCUT2D eigenvalue weighted by Crippen LogP contribution is -2.28. The number of carbonyl (C=O) groups excluding carboxylic acids is 1. The molecule has 0 spiro atoms. The standard InChI is InChI=1S/C12H22O4/c1-7(2)12(14)16-11(6)10(5)15-9(4)8(3)13/h7,9,11-12,14H,5H2,1-4,6H3. The van der Waals surface area contributed by atoms with E-state index in [1.54, 1.807) is 13.8 Å². The fourth-order valence-corrected chi connectivity index (χ4v) is 0.848. The number of aliphatic hydroxyl groups is 1. The van der Waals surface area contributed by atoms with Crippen molar-refractivity contribution in [1.29, 1.82) is 0 Å². The molecule has 0 rings (SSSR count). The zero-order valence-electron chi connectivity index (χ0n) is 10.7. The summed E-state index contributed by atoms with van der Waals surface area (Å²) >= 11 is 0. The highest BCUT2D eigenvalue weighted by Crippen LogP contribution is 2.14. The Kier molecular flexibility index (Phi) is 6.29. The fourth-order valence-electron chi connectivity index (χ4n) is 0.848. The molecule has 16 heavy (non-hydrogen) atoms. The summed E-state index contributed by atoms with van der Waals surface area (Å²) in [5.41, 5.74) is 0. The van der Waals surface area contributed by atoms with E-state index in [0.717, 1.165) is 0 Å². The van der Waals surface area contributed by atoms with Crippen LogP contribution in [0.5, 0.6) is 0 Å². The van der Waals surface area contributed by atoms with Gasteiger partial charge in [0.05, 0.1) is 0 Å². The van der Waals surface area contributed by atoms with Crippen LogP contribution < -0.4 is 0 Å². The molecule has 0 fully saturated rings. The first-order chi connectivity index (χ1) is 7.25. The third-order valence-corrected chi connectivity index (χ3v) is 2.27. The van der Waals surface area contributed by atoms with E-state index in [2.05, 4.69) is 6.58 Å². The first-order valence-corrected chi connectivity index (χ1v) is 5.45. The Morgan fingerprint density at radius 1 is 1.19 bits per heavy atom. The SMILES string of the molecule is C=C(OC(C)C(C)=O)C(C)OC(O)C(C)C. The van der Waals surface area contributed by atoms with Crippen LogP contribution in [0.3, 0.4) is 0 Å². The maximum absolute atomic E-state index is 11.0. The zero-order valence-corrected chi connectivity index (χ0v) is 10.7. The van der Waals surface area contributed by atoms with Crippen molar-refractivity contribution in [3.8, 4) is 0 Å². The second-order valence-corrected chi connectivity index (χ2v) is 4.25.